The third-order valence-electron chi connectivity index (χ3n) is 3.39. The Bertz CT molecular complexity index is 511. The monoisotopic (exact) mass is 282 g/mol. The first-order valence-electron chi connectivity index (χ1n) is 6.24. The summed E-state index contributed by atoms with van der Waals surface area (Å²) in [5.74, 6) is -0.691. The van der Waals surface area contributed by atoms with Crippen LogP contribution in [0.1, 0.15) is 26.7 Å². The van der Waals surface area contributed by atoms with Crippen LogP contribution >= 0.6 is 0 Å². The van der Waals surface area contributed by atoms with Crippen molar-refractivity contribution in [1.29, 1.82) is 0 Å². The molecule has 0 atom stereocenters. The molecule has 0 spiro atoms. The smallest absolute Gasteiger partial charge is 0.329 e. The molecule has 1 aromatic rings. The third-order valence-corrected chi connectivity index (χ3v) is 3.39. The number of carbonyl (C=O) groups is 1. The van der Waals surface area contributed by atoms with Gasteiger partial charge >= 0.3 is 5.97 Å². The molecule has 1 aromatic carbocycles. The number of methoxy groups -OCH3 is 1. The van der Waals surface area contributed by atoms with Crippen LogP contribution in [0.2, 0.25) is 0 Å². The van der Waals surface area contributed by atoms with E-state index in [1.807, 2.05) is 0 Å². The highest BCUT2D eigenvalue weighted by Gasteiger charge is 2.36. The number of benzene rings is 1. The average molecular weight is 282 g/mol. The van der Waals surface area contributed by atoms with Crippen LogP contribution in [0, 0.1) is 10.1 Å². The van der Waals surface area contributed by atoms with Crippen molar-refractivity contribution < 1.29 is 19.6 Å². The highest BCUT2D eigenvalue weighted by molar-refractivity contribution is 5.84. The molecule has 0 bridgehead atoms. The van der Waals surface area contributed by atoms with Crippen molar-refractivity contribution in [2.75, 3.05) is 12.4 Å². The molecule has 7 nitrogen and oxygen atoms in total. The van der Waals surface area contributed by atoms with E-state index in [0.717, 1.165) is 0 Å². The van der Waals surface area contributed by atoms with E-state index < -0.39 is 16.4 Å². The van der Waals surface area contributed by atoms with Gasteiger partial charge in [-0.2, -0.15) is 0 Å². The fourth-order valence-electron chi connectivity index (χ4n) is 1.94. The van der Waals surface area contributed by atoms with Gasteiger partial charge in [-0.15, -0.1) is 0 Å². The van der Waals surface area contributed by atoms with Gasteiger partial charge in [0.2, 0.25) is 0 Å². The lowest BCUT2D eigenvalue weighted by molar-refractivity contribution is -0.384. The van der Waals surface area contributed by atoms with Crippen LogP contribution in [-0.4, -0.2) is 28.6 Å². The zero-order valence-corrected chi connectivity index (χ0v) is 11.7. The maximum absolute atomic E-state index is 11.4. The summed E-state index contributed by atoms with van der Waals surface area (Å²) < 4.78 is 4.94. The van der Waals surface area contributed by atoms with Crippen LogP contribution < -0.4 is 10.1 Å². The lowest BCUT2D eigenvalue weighted by atomic mass is 9.92. The molecule has 20 heavy (non-hydrogen) atoms. The number of nitro benzene ring substituents is 1. The zero-order valence-electron chi connectivity index (χ0n) is 11.7. The van der Waals surface area contributed by atoms with E-state index in [1.54, 1.807) is 19.9 Å². The first kappa shape index (κ1) is 15.7. The Morgan fingerprint density at radius 1 is 1.45 bits per heavy atom. The number of carboxylic acid groups (broad SMARTS) is 1. The summed E-state index contributed by atoms with van der Waals surface area (Å²) in [6.07, 6.45) is 0.615. The zero-order chi connectivity index (χ0) is 15.3. The van der Waals surface area contributed by atoms with E-state index in [4.69, 9.17) is 4.74 Å². The first-order valence-corrected chi connectivity index (χ1v) is 6.24. The summed E-state index contributed by atoms with van der Waals surface area (Å²) in [4.78, 5) is 22.0. The minimum atomic E-state index is -1.22. The summed E-state index contributed by atoms with van der Waals surface area (Å²) in [5.41, 5.74) is -1.27. The largest absolute Gasteiger partial charge is 0.496 e. The van der Waals surface area contributed by atoms with Crippen LogP contribution in [0.25, 0.3) is 0 Å². The molecule has 0 aromatic heterocycles. The van der Waals surface area contributed by atoms with Crippen molar-refractivity contribution in [2.24, 2.45) is 0 Å². The molecule has 0 aliphatic carbocycles. The van der Waals surface area contributed by atoms with Crippen LogP contribution in [-0.2, 0) is 4.79 Å². The Morgan fingerprint density at radius 3 is 2.45 bits per heavy atom. The van der Waals surface area contributed by atoms with Gasteiger partial charge in [0, 0.05) is 0 Å². The predicted octanol–water partition coefficient (Wildman–Crippen LogP) is 2.66. The Balaban J connectivity index is 3.25. The molecule has 0 heterocycles. The normalized spacial score (nSPS) is 10.9. The number of aliphatic carboxylic acids is 1. The number of nitrogens with zero attached hydrogens (tertiary/aromatic N) is 1. The van der Waals surface area contributed by atoms with Crippen LogP contribution in [0.15, 0.2) is 18.2 Å². The number of ether oxygens (including phenoxy) is 1. The molecule has 0 aliphatic rings. The summed E-state index contributed by atoms with van der Waals surface area (Å²) in [5, 5.41) is 23.2. The number of carboxylic acids is 1. The van der Waals surface area contributed by atoms with E-state index in [2.05, 4.69) is 5.32 Å². The van der Waals surface area contributed by atoms with Crippen molar-refractivity contribution in [2.45, 2.75) is 32.2 Å². The Morgan fingerprint density at radius 2 is 2.05 bits per heavy atom. The van der Waals surface area contributed by atoms with Gasteiger partial charge in [0.15, 0.2) is 0 Å². The van der Waals surface area contributed by atoms with Gasteiger partial charge in [0.25, 0.3) is 5.69 Å². The number of hydrogen-bond acceptors (Lipinski definition) is 5. The van der Waals surface area contributed by atoms with Gasteiger partial charge in [0.05, 0.1) is 18.1 Å². The second-order valence-electron chi connectivity index (χ2n) is 4.36. The van der Waals surface area contributed by atoms with Crippen molar-refractivity contribution in [1.82, 2.24) is 0 Å². The molecule has 2 N–H and O–H groups in total. The fraction of sp³-hybridized carbons (Fsp3) is 0.462. The number of anilines is 1. The molecule has 0 saturated carbocycles. The molecule has 7 heteroatoms. The van der Waals surface area contributed by atoms with Crippen molar-refractivity contribution >= 4 is 17.3 Å². The topological polar surface area (TPSA) is 102 Å². The Labute approximate surface area is 116 Å². The molecule has 0 aliphatic heterocycles. The summed E-state index contributed by atoms with van der Waals surface area (Å²) in [7, 11) is 1.41. The quantitative estimate of drug-likeness (QED) is 0.589. The van der Waals surface area contributed by atoms with Gasteiger partial charge in [-0.05, 0) is 25.0 Å². The lowest BCUT2D eigenvalue weighted by Gasteiger charge is -2.29. The molecular formula is C13H18N2O5. The SMILES string of the molecule is CCC(CC)(Nc1ccc(OC)cc1[N+](=O)[O-])C(=O)O. The molecule has 0 amide bonds. The summed E-state index contributed by atoms with van der Waals surface area (Å²) in [6.45, 7) is 3.44. The summed E-state index contributed by atoms with van der Waals surface area (Å²) >= 11 is 0. The molecule has 0 radical (unpaired) electrons. The van der Waals surface area contributed by atoms with Gasteiger partial charge in [-0.1, -0.05) is 13.8 Å². The van der Waals surface area contributed by atoms with E-state index >= 15 is 0 Å². The number of rotatable bonds is 7. The molecule has 0 unspecified atom stereocenters. The third kappa shape index (κ3) is 2.98. The average Bonchev–Trinajstić information content (AvgIpc) is 2.44. The molecule has 1 rings (SSSR count). The Kier molecular flexibility index (Phi) is 4.90. The van der Waals surface area contributed by atoms with Gasteiger partial charge in [-0.3, -0.25) is 10.1 Å². The maximum atomic E-state index is 11.4. The van der Waals surface area contributed by atoms with E-state index in [9.17, 15) is 20.0 Å². The Hall–Kier alpha value is -2.31. The number of nitro groups is 1. The van der Waals surface area contributed by atoms with E-state index in [0.29, 0.717) is 18.6 Å². The number of hydrogen-bond donors (Lipinski definition) is 2. The van der Waals surface area contributed by atoms with Crippen molar-refractivity contribution in [3.8, 4) is 5.75 Å². The summed E-state index contributed by atoms with van der Waals surface area (Å²) in [6, 6.07) is 4.27. The molecular weight excluding hydrogens is 264 g/mol. The minimum Gasteiger partial charge on any atom is -0.496 e. The van der Waals surface area contributed by atoms with E-state index in [-0.39, 0.29) is 11.4 Å². The number of nitrogens with one attached hydrogen (secondary N) is 1. The van der Waals surface area contributed by atoms with Gasteiger partial charge in [0.1, 0.15) is 17.0 Å². The predicted molar refractivity (Wildman–Crippen MR) is 74.2 cm³/mol. The van der Waals surface area contributed by atoms with E-state index in [1.165, 1.54) is 19.2 Å². The highest BCUT2D eigenvalue weighted by atomic mass is 16.6. The van der Waals surface area contributed by atoms with Gasteiger partial charge in [-0.25, -0.2) is 4.79 Å². The van der Waals surface area contributed by atoms with Crippen LogP contribution in [0.4, 0.5) is 11.4 Å². The first-order chi connectivity index (χ1) is 9.40. The standard InChI is InChI=1S/C13H18N2O5/c1-4-13(5-2,12(16)17)14-10-7-6-9(20-3)8-11(10)15(18)19/h6-8,14H,4-5H2,1-3H3,(H,16,17). The van der Waals surface area contributed by atoms with Crippen molar-refractivity contribution in [3.05, 3.63) is 28.3 Å². The maximum Gasteiger partial charge on any atom is 0.329 e. The fourth-order valence-corrected chi connectivity index (χ4v) is 1.94. The molecule has 0 saturated heterocycles. The minimum absolute atomic E-state index is 0.168. The van der Waals surface area contributed by atoms with Gasteiger partial charge < -0.3 is 15.2 Å². The van der Waals surface area contributed by atoms with Crippen LogP contribution in [0.3, 0.4) is 0 Å². The second-order valence-corrected chi connectivity index (χ2v) is 4.36. The second kappa shape index (κ2) is 6.23. The lowest BCUT2D eigenvalue weighted by Crippen LogP contribution is -2.45. The van der Waals surface area contributed by atoms with Crippen LogP contribution in [0.5, 0.6) is 5.75 Å². The molecule has 0 fully saturated rings. The highest BCUT2D eigenvalue weighted by Crippen LogP contribution is 2.33. The van der Waals surface area contributed by atoms with Crippen molar-refractivity contribution in [3.63, 3.8) is 0 Å². The molecule has 110 valence electrons.